The fourth-order valence-corrected chi connectivity index (χ4v) is 2.34. The zero-order chi connectivity index (χ0) is 11.3. The van der Waals surface area contributed by atoms with E-state index in [2.05, 4.69) is 18.7 Å². The van der Waals surface area contributed by atoms with Gasteiger partial charge in [-0.15, -0.1) is 0 Å². The van der Waals surface area contributed by atoms with E-state index in [4.69, 9.17) is 4.74 Å². The van der Waals surface area contributed by atoms with E-state index in [1.165, 1.54) is 32.8 Å². The molecular formula is C12H23NO2. The standard InChI is InChI=1S/C12H23NO2/c1-4-13(9-12(14)15-3)11-7-5-10(2)6-8-11/h10-11H,4-9H2,1-3H3. The highest BCUT2D eigenvalue weighted by atomic mass is 16.5. The molecule has 3 nitrogen and oxygen atoms in total. The zero-order valence-electron chi connectivity index (χ0n) is 10.2. The molecule has 0 atom stereocenters. The minimum Gasteiger partial charge on any atom is -0.468 e. The van der Waals surface area contributed by atoms with E-state index in [1.54, 1.807) is 0 Å². The summed E-state index contributed by atoms with van der Waals surface area (Å²) >= 11 is 0. The lowest BCUT2D eigenvalue weighted by Crippen LogP contribution is -2.41. The van der Waals surface area contributed by atoms with Crippen LogP contribution in [0.2, 0.25) is 0 Å². The van der Waals surface area contributed by atoms with E-state index >= 15 is 0 Å². The Morgan fingerprint density at radius 3 is 2.40 bits per heavy atom. The van der Waals surface area contributed by atoms with E-state index in [0.717, 1.165) is 12.5 Å². The summed E-state index contributed by atoms with van der Waals surface area (Å²) in [5, 5.41) is 0. The van der Waals surface area contributed by atoms with Crippen molar-refractivity contribution in [3.63, 3.8) is 0 Å². The summed E-state index contributed by atoms with van der Waals surface area (Å²) in [6.07, 6.45) is 5.04. The van der Waals surface area contributed by atoms with Gasteiger partial charge in [0.2, 0.25) is 0 Å². The lowest BCUT2D eigenvalue weighted by Gasteiger charge is -2.34. The van der Waals surface area contributed by atoms with Crippen molar-refractivity contribution < 1.29 is 9.53 Å². The number of nitrogens with zero attached hydrogens (tertiary/aromatic N) is 1. The molecule has 0 N–H and O–H groups in total. The smallest absolute Gasteiger partial charge is 0.319 e. The third-order valence-electron chi connectivity index (χ3n) is 3.47. The summed E-state index contributed by atoms with van der Waals surface area (Å²) in [5.74, 6) is 0.744. The molecule has 0 heterocycles. The number of hydrogen-bond donors (Lipinski definition) is 0. The van der Waals surface area contributed by atoms with Gasteiger partial charge < -0.3 is 4.74 Å². The van der Waals surface area contributed by atoms with E-state index < -0.39 is 0 Å². The number of likely N-dealkylation sites (N-methyl/N-ethyl adjacent to an activating group) is 1. The second-order valence-electron chi connectivity index (χ2n) is 4.55. The van der Waals surface area contributed by atoms with Crippen LogP contribution in [-0.2, 0) is 9.53 Å². The second kappa shape index (κ2) is 6.11. The van der Waals surface area contributed by atoms with Crippen LogP contribution >= 0.6 is 0 Å². The van der Waals surface area contributed by atoms with Crippen LogP contribution in [-0.4, -0.2) is 37.1 Å². The van der Waals surface area contributed by atoms with Gasteiger partial charge in [0.25, 0.3) is 0 Å². The van der Waals surface area contributed by atoms with Gasteiger partial charge in [0, 0.05) is 6.04 Å². The first-order valence-corrected chi connectivity index (χ1v) is 5.98. The Hall–Kier alpha value is -0.570. The summed E-state index contributed by atoms with van der Waals surface area (Å²) in [7, 11) is 1.46. The van der Waals surface area contributed by atoms with Gasteiger partial charge in [-0.25, -0.2) is 0 Å². The van der Waals surface area contributed by atoms with Crippen molar-refractivity contribution in [3.8, 4) is 0 Å². The topological polar surface area (TPSA) is 29.5 Å². The number of carbonyl (C=O) groups is 1. The zero-order valence-corrected chi connectivity index (χ0v) is 10.2. The number of esters is 1. The molecule has 0 unspecified atom stereocenters. The maximum absolute atomic E-state index is 11.2. The monoisotopic (exact) mass is 213 g/mol. The highest BCUT2D eigenvalue weighted by molar-refractivity contribution is 5.71. The Morgan fingerprint density at radius 2 is 1.93 bits per heavy atom. The molecule has 0 aromatic heterocycles. The normalized spacial score (nSPS) is 26.7. The van der Waals surface area contributed by atoms with Gasteiger partial charge in [-0.2, -0.15) is 0 Å². The van der Waals surface area contributed by atoms with Crippen LogP contribution in [0.15, 0.2) is 0 Å². The Morgan fingerprint density at radius 1 is 1.33 bits per heavy atom. The first-order valence-electron chi connectivity index (χ1n) is 5.98. The number of ether oxygens (including phenoxy) is 1. The molecule has 0 radical (unpaired) electrons. The fraction of sp³-hybridized carbons (Fsp3) is 0.917. The quantitative estimate of drug-likeness (QED) is 0.669. The van der Waals surface area contributed by atoms with Crippen LogP contribution in [0.1, 0.15) is 39.5 Å². The largest absolute Gasteiger partial charge is 0.468 e. The molecule has 0 saturated heterocycles. The molecule has 0 aromatic carbocycles. The average molecular weight is 213 g/mol. The average Bonchev–Trinajstić information content (AvgIpc) is 2.27. The highest BCUT2D eigenvalue weighted by Gasteiger charge is 2.24. The van der Waals surface area contributed by atoms with Crippen molar-refractivity contribution in [1.29, 1.82) is 0 Å². The van der Waals surface area contributed by atoms with Gasteiger partial charge in [-0.05, 0) is 38.1 Å². The molecule has 0 aliphatic heterocycles. The molecule has 0 aromatic rings. The molecule has 1 aliphatic rings. The first-order chi connectivity index (χ1) is 7.17. The van der Waals surface area contributed by atoms with Gasteiger partial charge in [-0.1, -0.05) is 13.8 Å². The predicted octanol–water partition coefficient (Wildman–Crippen LogP) is 2.06. The van der Waals surface area contributed by atoms with Gasteiger partial charge in [-0.3, -0.25) is 9.69 Å². The third kappa shape index (κ3) is 3.82. The lowest BCUT2D eigenvalue weighted by molar-refractivity contribution is -0.142. The van der Waals surface area contributed by atoms with Crippen molar-refractivity contribution in [2.45, 2.75) is 45.6 Å². The van der Waals surface area contributed by atoms with Crippen molar-refractivity contribution in [2.75, 3.05) is 20.2 Å². The number of hydrogen-bond acceptors (Lipinski definition) is 3. The molecule has 88 valence electrons. The molecule has 1 aliphatic carbocycles. The van der Waals surface area contributed by atoms with Crippen molar-refractivity contribution >= 4 is 5.97 Å². The molecule has 15 heavy (non-hydrogen) atoms. The van der Waals surface area contributed by atoms with Crippen molar-refractivity contribution in [1.82, 2.24) is 4.90 Å². The Kier molecular flexibility index (Phi) is 5.09. The Labute approximate surface area is 92.8 Å². The van der Waals surface area contributed by atoms with Gasteiger partial charge in [0.15, 0.2) is 0 Å². The summed E-state index contributed by atoms with van der Waals surface area (Å²) in [4.78, 5) is 13.5. The summed E-state index contributed by atoms with van der Waals surface area (Å²) in [5.41, 5.74) is 0. The summed E-state index contributed by atoms with van der Waals surface area (Å²) in [6, 6.07) is 0.588. The molecular weight excluding hydrogens is 190 g/mol. The van der Waals surface area contributed by atoms with Gasteiger partial charge in [0.1, 0.15) is 0 Å². The molecule has 0 amide bonds. The molecule has 0 spiro atoms. The SMILES string of the molecule is CCN(CC(=O)OC)C1CCC(C)CC1. The van der Waals surface area contributed by atoms with E-state index in [9.17, 15) is 4.79 Å². The predicted molar refractivity (Wildman–Crippen MR) is 60.7 cm³/mol. The maximum Gasteiger partial charge on any atom is 0.319 e. The number of carbonyl (C=O) groups excluding carboxylic acids is 1. The van der Waals surface area contributed by atoms with Gasteiger partial charge in [0.05, 0.1) is 13.7 Å². The van der Waals surface area contributed by atoms with E-state index in [-0.39, 0.29) is 5.97 Å². The van der Waals surface area contributed by atoms with Crippen LogP contribution in [0.3, 0.4) is 0 Å². The lowest BCUT2D eigenvalue weighted by atomic mass is 9.86. The molecule has 0 bridgehead atoms. The minimum absolute atomic E-state index is 0.115. The number of methoxy groups -OCH3 is 1. The third-order valence-corrected chi connectivity index (χ3v) is 3.47. The molecule has 3 heteroatoms. The van der Waals surface area contributed by atoms with E-state index in [1.807, 2.05) is 0 Å². The summed E-state index contributed by atoms with van der Waals surface area (Å²) in [6.45, 7) is 5.81. The van der Waals surface area contributed by atoms with E-state index in [0.29, 0.717) is 12.6 Å². The minimum atomic E-state index is -0.115. The molecule has 1 rings (SSSR count). The summed E-state index contributed by atoms with van der Waals surface area (Å²) < 4.78 is 4.71. The van der Waals surface area contributed by atoms with Crippen LogP contribution in [0.5, 0.6) is 0 Å². The van der Waals surface area contributed by atoms with Crippen LogP contribution < -0.4 is 0 Å². The van der Waals surface area contributed by atoms with Crippen LogP contribution in [0.4, 0.5) is 0 Å². The molecule has 1 saturated carbocycles. The van der Waals surface area contributed by atoms with Crippen LogP contribution in [0.25, 0.3) is 0 Å². The fourth-order valence-electron chi connectivity index (χ4n) is 2.34. The van der Waals surface area contributed by atoms with Gasteiger partial charge >= 0.3 is 5.97 Å². The van der Waals surface area contributed by atoms with Crippen molar-refractivity contribution in [3.05, 3.63) is 0 Å². The van der Waals surface area contributed by atoms with Crippen molar-refractivity contribution in [2.24, 2.45) is 5.92 Å². The first kappa shape index (κ1) is 12.5. The maximum atomic E-state index is 11.2. The Bertz CT molecular complexity index is 198. The number of rotatable bonds is 4. The Balaban J connectivity index is 2.40. The molecule has 1 fully saturated rings. The second-order valence-corrected chi connectivity index (χ2v) is 4.55. The highest BCUT2D eigenvalue weighted by Crippen LogP contribution is 2.26. The van der Waals surface area contributed by atoms with Crippen LogP contribution in [0, 0.1) is 5.92 Å².